The van der Waals surface area contributed by atoms with Gasteiger partial charge in [0.2, 0.25) is 11.8 Å². The van der Waals surface area contributed by atoms with Crippen LogP contribution in [0.2, 0.25) is 10.0 Å². The highest BCUT2D eigenvalue weighted by atomic mass is 35.5. The lowest BCUT2D eigenvalue weighted by atomic mass is 9.99. The summed E-state index contributed by atoms with van der Waals surface area (Å²) in [4.78, 5) is 23.0. The summed E-state index contributed by atoms with van der Waals surface area (Å²) in [6.07, 6.45) is 3.15. The van der Waals surface area contributed by atoms with Crippen LogP contribution in [0.25, 0.3) is 44.5 Å². The number of amides is 1. The number of methoxy groups -OCH3 is 1. The van der Waals surface area contributed by atoms with Gasteiger partial charge >= 0.3 is 0 Å². The second-order valence-electron chi connectivity index (χ2n) is 11.8. The van der Waals surface area contributed by atoms with Gasteiger partial charge < -0.3 is 20.5 Å². The van der Waals surface area contributed by atoms with E-state index in [2.05, 4.69) is 15.6 Å². The minimum Gasteiger partial charge on any atom is -0.481 e. The van der Waals surface area contributed by atoms with Crippen LogP contribution >= 0.6 is 23.2 Å². The van der Waals surface area contributed by atoms with Crippen molar-refractivity contribution in [3.05, 3.63) is 82.1 Å². The summed E-state index contributed by atoms with van der Waals surface area (Å²) in [7, 11) is 5.48. The minimum absolute atomic E-state index is 0.0949. The molecule has 4 heterocycles. The number of hydrogen-bond acceptors (Lipinski definition) is 8. The smallest absolute Gasteiger partial charge is 0.220 e. The monoisotopic (exact) mass is 673 g/mol. The number of aliphatic hydroxyl groups excluding tert-OH is 1. The highest BCUT2D eigenvalue weighted by Crippen LogP contribution is 2.42. The summed E-state index contributed by atoms with van der Waals surface area (Å²) >= 11 is 14.2. The zero-order chi connectivity index (χ0) is 33.1. The molecule has 47 heavy (non-hydrogen) atoms. The van der Waals surface area contributed by atoms with E-state index in [1.54, 1.807) is 13.3 Å². The van der Waals surface area contributed by atoms with Crippen molar-refractivity contribution in [2.24, 2.45) is 7.05 Å². The number of benzene rings is 2. The van der Waals surface area contributed by atoms with E-state index in [0.29, 0.717) is 59.9 Å². The Morgan fingerprint density at radius 3 is 2.68 bits per heavy atom. The average Bonchev–Trinajstić information content (AvgIpc) is 3.62. The molecule has 0 spiro atoms. The van der Waals surface area contributed by atoms with Crippen molar-refractivity contribution >= 4 is 40.0 Å². The van der Waals surface area contributed by atoms with E-state index in [-0.39, 0.29) is 18.6 Å². The number of nitrogens with zero attached hydrogens (tertiary/aromatic N) is 5. The molecule has 244 valence electrons. The van der Waals surface area contributed by atoms with Gasteiger partial charge in [0.25, 0.3) is 0 Å². The first-order valence-corrected chi connectivity index (χ1v) is 16.3. The van der Waals surface area contributed by atoms with E-state index in [4.69, 9.17) is 38.0 Å². The Hall–Kier alpha value is -4.06. The molecule has 0 saturated carbocycles. The van der Waals surface area contributed by atoms with Crippen LogP contribution in [0.5, 0.6) is 5.88 Å². The van der Waals surface area contributed by atoms with Gasteiger partial charge in [0.15, 0.2) is 0 Å². The molecule has 1 aliphatic rings. The molecule has 0 aliphatic carbocycles. The standard InChI is InChI=1S/C35H37Cl2N7O3/c1-43(15-16-45)20-29-26-10-7-21(17-30(26)44(2)42-29)34-33(37)25(13-14-39-34)24-5-4-6-27(32(24)36)28-11-8-22(35(41-28)47-3)18-38-19-23-9-12-31(46)40-23/h4-8,10-11,13-14,17,23,38,45H,9,12,15-16,18-20H2,1-3H3,(H,40,46)/t23-/m1/s1. The van der Waals surface area contributed by atoms with Crippen LogP contribution in [0.3, 0.4) is 0 Å². The number of aliphatic hydroxyl groups is 1. The third-order valence-corrected chi connectivity index (χ3v) is 9.27. The minimum atomic E-state index is 0.0949. The topological polar surface area (TPSA) is 117 Å². The Labute approximate surface area is 283 Å². The van der Waals surface area contributed by atoms with Gasteiger partial charge in [0, 0.05) is 85.1 Å². The number of aromatic nitrogens is 4. The van der Waals surface area contributed by atoms with Crippen LogP contribution in [-0.4, -0.2) is 75.6 Å². The number of likely N-dealkylation sites (N-methyl/N-ethyl adjacent to an activating group) is 1. The Bertz CT molecular complexity index is 1930. The summed E-state index contributed by atoms with van der Waals surface area (Å²) in [5.41, 5.74) is 7.25. The normalized spacial score (nSPS) is 14.7. The van der Waals surface area contributed by atoms with Gasteiger partial charge in [0.1, 0.15) is 0 Å². The molecule has 5 aromatic rings. The number of halogens is 2. The molecule has 6 rings (SSSR count). The Morgan fingerprint density at radius 1 is 1.11 bits per heavy atom. The van der Waals surface area contributed by atoms with Gasteiger partial charge in [0.05, 0.1) is 46.4 Å². The molecule has 1 aliphatic heterocycles. The van der Waals surface area contributed by atoms with E-state index in [1.807, 2.05) is 78.3 Å². The fourth-order valence-corrected chi connectivity index (χ4v) is 6.68. The number of rotatable bonds is 12. The molecule has 3 N–H and O–H groups in total. The molecule has 3 aromatic heterocycles. The predicted molar refractivity (Wildman–Crippen MR) is 185 cm³/mol. The maximum Gasteiger partial charge on any atom is 0.220 e. The highest BCUT2D eigenvalue weighted by molar-refractivity contribution is 6.39. The lowest BCUT2D eigenvalue weighted by molar-refractivity contribution is -0.119. The SMILES string of the molecule is COc1nc(-c2cccc(-c3ccnc(-c4ccc5c(CN(C)CCO)nn(C)c5c4)c3Cl)c2Cl)ccc1CNC[C@H]1CCC(=O)N1. The summed E-state index contributed by atoms with van der Waals surface area (Å²) in [5.74, 6) is 0.605. The molecule has 12 heteroatoms. The van der Waals surface area contributed by atoms with E-state index >= 15 is 0 Å². The Balaban J connectivity index is 1.27. The van der Waals surface area contributed by atoms with Gasteiger partial charge in [-0.1, -0.05) is 59.6 Å². The number of aryl methyl sites for hydroxylation is 1. The maximum absolute atomic E-state index is 11.5. The van der Waals surface area contributed by atoms with E-state index in [0.717, 1.165) is 50.8 Å². The van der Waals surface area contributed by atoms with Gasteiger partial charge in [-0.05, 0) is 31.7 Å². The molecule has 2 aromatic carbocycles. The summed E-state index contributed by atoms with van der Waals surface area (Å²) < 4.78 is 7.50. The lowest BCUT2D eigenvalue weighted by Gasteiger charge is -2.15. The fraction of sp³-hybridized carbons (Fsp3) is 0.314. The van der Waals surface area contributed by atoms with Gasteiger partial charge in [-0.2, -0.15) is 5.10 Å². The Morgan fingerprint density at radius 2 is 1.91 bits per heavy atom. The van der Waals surface area contributed by atoms with E-state index < -0.39 is 0 Å². The van der Waals surface area contributed by atoms with Crippen molar-refractivity contribution in [2.75, 3.05) is 33.9 Å². The number of hydrogen-bond donors (Lipinski definition) is 3. The van der Waals surface area contributed by atoms with Crippen molar-refractivity contribution in [3.8, 4) is 39.5 Å². The fourth-order valence-electron chi connectivity index (χ4n) is 6.03. The highest BCUT2D eigenvalue weighted by Gasteiger charge is 2.21. The van der Waals surface area contributed by atoms with Crippen molar-refractivity contribution in [3.63, 3.8) is 0 Å². The lowest BCUT2D eigenvalue weighted by Crippen LogP contribution is -2.35. The molecule has 0 radical (unpaired) electrons. The zero-order valence-corrected chi connectivity index (χ0v) is 28.1. The second-order valence-corrected chi connectivity index (χ2v) is 12.5. The van der Waals surface area contributed by atoms with Crippen LogP contribution in [-0.2, 0) is 24.9 Å². The molecule has 0 unspecified atom stereocenters. The summed E-state index contributed by atoms with van der Waals surface area (Å²) in [5, 5.41) is 22.4. The zero-order valence-electron chi connectivity index (χ0n) is 26.6. The van der Waals surface area contributed by atoms with Crippen molar-refractivity contribution in [1.29, 1.82) is 0 Å². The molecule has 1 fully saturated rings. The summed E-state index contributed by atoms with van der Waals surface area (Å²) in [6.45, 7) is 2.53. The van der Waals surface area contributed by atoms with E-state index in [1.165, 1.54) is 0 Å². The van der Waals surface area contributed by atoms with Crippen molar-refractivity contribution in [1.82, 2.24) is 35.3 Å². The average molecular weight is 675 g/mol. The molecule has 0 bridgehead atoms. The van der Waals surface area contributed by atoms with Crippen LogP contribution in [0, 0.1) is 0 Å². The van der Waals surface area contributed by atoms with Gasteiger partial charge in [-0.25, -0.2) is 4.98 Å². The number of carbonyl (C=O) groups is 1. The molecule has 1 saturated heterocycles. The second kappa shape index (κ2) is 14.4. The third kappa shape index (κ3) is 6.97. The molecule has 10 nitrogen and oxygen atoms in total. The van der Waals surface area contributed by atoms with Crippen LogP contribution < -0.4 is 15.4 Å². The first-order chi connectivity index (χ1) is 22.8. The number of nitrogens with one attached hydrogen (secondary N) is 2. The quantitative estimate of drug-likeness (QED) is 0.160. The van der Waals surface area contributed by atoms with Crippen LogP contribution in [0.1, 0.15) is 24.1 Å². The molecular weight excluding hydrogens is 637 g/mol. The van der Waals surface area contributed by atoms with Crippen molar-refractivity contribution in [2.45, 2.75) is 32.0 Å². The van der Waals surface area contributed by atoms with Gasteiger partial charge in [-0.3, -0.25) is 19.4 Å². The third-order valence-electron chi connectivity index (χ3n) is 8.48. The van der Waals surface area contributed by atoms with Crippen LogP contribution in [0.4, 0.5) is 0 Å². The predicted octanol–water partition coefficient (Wildman–Crippen LogP) is 5.47. The maximum atomic E-state index is 11.5. The number of pyridine rings is 2. The number of fused-ring (bicyclic) bond motifs is 1. The summed E-state index contributed by atoms with van der Waals surface area (Å²) in [6, 6.07) is 17.8. The molecular formula is C35H37Cl2N7O3. The first kappa shape index (κ1) is 32.9. The van der Waals surface area contributed by atoms with Crippen molar-refractivity contribution < 1.29 is 14.6 Å². The first-order valence-electron chi connectivity index (χ1n) is 15.5. The molecule has 1 atom stereocenters. The number of carbonyl (C=O) groups excluding carboxylic acids is 1. The van der Waals surface area contributed by atoms with Gasteiger partial charge in [-0.15, -0.1) is 0 Å². The largest absolute Gasteiger partial charge is 0.481 e. The number of ether oxygens (including phenoxy) is 1. The Kier molecular flexibility index (Phi) is 10.0. The van der Waals surface area contributed by atoms with Crippen LogP contribution in [0.15, 0.2) is 60.8 Å². The molecule has 1 amide bonds. The van der Waals surface area contributed by atoms with E-state index in [9.17, 15) is 9.90 Å².